The molecule has 0 spiro atoms. The van der Waals surface area contributed by atoms with Crippen molar-refractivity contribution in [1.82, 2.24) is 15.0 Å². The lowest BCUT2D eigenvalue weighted by Gasteiger charge is -2.20. The minimum absolute atomic E-state index is 0.0125. The molecule has 3 N–H and O–H groups in total. The van der Waals surface area contributed by atoms with Crippen LogP contribution in [0.5, 0.6) is 6.01 Å². The fourth-order valence-corrected chi connectivity index (χ4v) is 1.39. The van der Waals surface area contributed by atoms with E-state index in [-0.39, 0.29) is 30.7 Å². The molecule has 0 saturated carbocycles. The molecule has 1 heterocycles. The molecule has 0 aliphatic carbocycles. The van der Waals surface area contributed by atoms with Crippen LogP contribution in [0.1, 0.15) is 27.7 Å². The molecule has 0 bridgehead atoms. The van der Waals surface area contributed by atoms with Crippen molar-refractivity contribution >= 4 is 11.9 Å². The molecule has 0 aliphatic rings. The van der Waals surface area contributed by atoms with Crippen molar-refractivity contribution in [3.05, 3.63) is 0 Å². The summed E-state index contributed by atoms with van der Waals surface area (Å²) in [7, 11) is 1.73. The lowest BCUT2D eigenvalue weighted by Crippen LogP contribution is -2.30. The molecule has 1 unspecified atom stereocenters. The predicted molar refractivity (Wildman–Crippen MR) is 74.5 cm³/mol. The van der Waals surface area contributed by atoms with Gasteiger partial charge in [-0.15, -0.1) is 0 Å². The van der Waals surface area contributed by atoms with Crippen LogP contribution in [0.2, 0.25) is 0 Å². The van der Waals surface area contributed by atoms with E-state index in [9.17, 15) is 5.11 Å². The van der Waals surface area contributed by atoms with E-state index in [4.69, 9.17) is 4.74 Å². The second-order valence-corrected chi connectivity index (χ2v) is 4.86. The molecule has 19 heavy (non-hydrogen) atoms. The molecule has 1 atom stereocenters. The maximum absolute atomic E-state index is 9.32. The first-order chi connectivity index (χ1) is 8.96. The molecule has 1 aromatic rings. The van der Waals surface area contributed by atoms with Crippen LogP contribution >= 0.6 is 0 Å². The Kier molecular flexibility index (Phi) is 5.75. The third-order valence-electron chi connectivity index (χ3n) is 2.50. The number of ether oxygens (including phenoxy) is 1. The number of aliphatic hydroxyl groups excluding tert-OH is 1. The molecular formula is C12H23N5O2. The van der Waals surface area contributed by atoms with E-state index in [0.717, 1.165) is 0 Å². The van der Waals surface area contributed by atoms with Crippen LogP contribution in [0.4, 0.5) is 11.9 Å². The topological polar surface area (TPSA) is 92.2 Å². The van der Waals surface area contributed by atoms with Crippen molar-refractivity contribution in [3.63, 3.8) is 0 Å². The Balaban J connectivity index is 2.92. The maximum Gasteiger partial charge on any atom is 0.323 e. The second kappa shape index (κ2) is 7.08. The SMILES string of the molecule is CNc1nc(NC(CO)C(C)C)nc(OC(C)C)n1. The van der Waals surface area contributed by atoms with E-state index in [0.29, 0.717) is 11.9 Å². The molecule has 108 valence electrons. The van der Waals surface area contributed by atoms with Crippen molar-refractivity contribution < 1.29 is 9.84 Å². The van der Waals surface area contributed by atoms with Gasteiger partial charge in [0, 0.05) is 7.05 Å². The lowest BCUT2D eigenvalue weighted by atomic mass is 10.1. The number of anilines is 2. The first-order valence-electron chi connectivity index (χ1n) is 6.44. The Hall–Kier alpha value is -1.63. The van der Waals surface area contributed by atoms with Crippen LogP contribution in [-0.4, -0.2) is 45.9 Å². The number of aliphatic hydroxyl groups is 1. The smallest absolute Gasteiger partial charge is 0.323 e. The van der Waals surface area contributed by atoms with Crippen LogP contribution in [0.3, 0.4) is 0 Å². The van der Waals surface area contributed by atoms with Crippen molar-refractivity contribution in [2.75, 3.05) is 24.3 Å². The number of nitrogens with one attached hydrogen (secondary N) is 2. The van der Waals surface area contributed by atoms with E-state index in [1.807, 2.05) is 27.7 Å². The summed E-state index contributed by atoms with van der Waals surface area (Å²) < 4.78 is 5.47. The van der Waals surface area contributed by atoms with E-state index in [2.05, 4.69) is 25.6 Å². The van der Waals surface area contributed by atoms with Gasteiger partial charge in [0.25, 0.3) is 0 Å². The molecule has 0 amide bonds. The van der Waals surface area contributed by atoms with Gasteiger partial charge in [-0.05, 0) is 19.8 Å². The second-order valence-electron chi connectivity index (χ2n) is 4.86. The molecule has 0 radical (unpaired) electrons. The van der Waals surface area contributed by atoms with Gasteiger partial charge in [-0.2, -0.15) is 15.0 Å². The summed E-state index contributed by atoms with van der Waals surface area (Å²) in [6.45, 7) is 7.85. The largest absolute Gasteiger partial charge is 0.461 e. The van der Waals surface area contributed by atoms with Gasteiger partial charge in [0.15, 0.2) is 0 Å². The Morgan fingerprint density at radius 2 is 1.74 bits per heavy atom. The Labute approximate surface area is 113 Å². The van der Waals surface area contributed by atoms with E-state index in [1.165, 1.54) is 0 Å². The highest BCUT2D eigenvalue weighted by atomic mass is 16.5. The van der Waals surface area contributed by atoms with Crippen molar-refractivity contribution in [2.24, 2.45) is 5.92 Å². The van der Waals surface area contributed by atoms with Gasteiger partial charge in [0.1, 0.15) is 0 Å². The number of rotatable bonds is 7. The average molecular weight is 269 g/mol. The average Bonchev–Trinajstić information content (AvgIpc) is 2.34. The summed E-state index contributed by atoms with van der Waals surface area (Å²) in [5, 5.41) is 15.3. The molecular weight excluding hydrogens is 246 g/mol. The summed E-state index contributed by atoms with van der Waals surface area (Å²) in [5.74, 6) is 1.07. The van der Waals surface area contributed by atoms with Gasteiger partial charge < -0.3 is 20.5 Å². The first-order valence-corrected chi connectivity index (χ1v) is 6.44. The molecule has 7 heteroatoms. The fourth-order valence-electron chi connectivity index (χ4n) is 1.39. The standard InChI is InChI=1S/C12H23N5O2/c1-7(2)9(6-18)14-11-15-10(13-5)16-12(17-11)19-8(3)4/h7-9,18H,6H2,1-5H3,(H2,13,14,15,16,17). The van der Waals surface area contributed by atoms with Crippen LogP contribution in [0.15, 0.2) is 0 Å². The summed E-state index contributed by atoms with van der Waals surface area (Å²) in [4.78, 5) is 12.5. The minimum Gasteiger partial charge on any atom is -0.461 e. The van der Waals surface area contributed by atoms with Gasteiger partial charge >= 0.3 is 6.01 Å². The third kappa shape index (κ3) is 4.86. The monoisotopic (exact) mass is 269 g/mol. The van der Waals surface area contributed by atoms with Crippen LogP contribution < -0.4 is 15.4 Å². The molecule has 0 aliphatic heterocycles. The zero-order valence-corrected chi connectivity index (χ0v) is 12.1. The number of aromatic nitrogens is 3. The highest BCUT2D eigenvalue weighted by molar-refractivity contribution is 5.36. The predicted octanol–water partition coefficient (Wildman–Crippen LogP) is 1.13. The summed E-state index contributed by atoms with van der Waals surface area (Å²) in [5.41, 5.74) is 0. The zero-order valence-electron chi connectivity index (χ0n) is 12.1. The fraction of sp³-hybridized carbons (Fsp3) is 0.750. The normalized spacial score (nSPS) is 12.6. The molecule has 1 aromatic heterocycles. The van der Waals surface area contributed by atoms with Crippen LogP contribution in [-0.2, 0) is 0 Å². The molecule has 0 aromatic carbocycles. The summed E-state index contributed by atoms with van der Waals surface area (Å²) >= 11 is 0. The van der Waals surface area contributed by atoms with Gasteiger partial charge in [-0.3, -0.25) is 0 Å². The third-order valence-corrected chi connectivity index (χ3v) is 2.50. The van der Waals surface area contributed by atoms with Gasteiger partial charge in [-0.1, -0.05) is 13.8 Å². The van der Waals surface area contributed by atoms with Crippen molar-refractivity contribution in [1.29, 1.82) is 0 Å². The lowest BCUT2D eigenvalue weighted by molar-refractivity contribution is 0.221. The minimum atomic E-state index is -0.112. The van der Waals surface area contributed by atoms with E-state index in [1.54, 1.807) is 7.05 Å². The highest BCUT2D eigenvalue weighted by Gasteiger charge is 2.15. The summed E-state index contributed by atoms with van der Waals surface area (Å²) in [6, 6.07) is 0.149. The van der Waals surface area contributed by atoms with Crippen molar-refractivity contribution in [2.45, 2.75) is 39.8 Å². The highest BCUT2D eigenvalue weighted by Crippen LogP contribution is 2.14. The van der Waals surface area contributed by atoms with Gasteiger partial charge in [0.05, 0.1) is 18.8 Å². The Bertz CT molecular complexity index is 398. The number of nitrogens with zero attached hydrogens (tertiary/aromatic N) is 3. The molecule has 7 nitrogen and oxygen atoms in total. The van der Waals surface area contributed by atoms with Crippen molar-refractivity contribution in [3.8, 4) is 6.01 Å². The quantitative estimate of drug-likeness (QED) is 0.683. The Morgan fingerprint density at radius 3 is 2.21 bits per heavy atom. The van der Waals surface area contributed by atoms with E-state index >= 15 is 0 Å². The first kappa shape index (κ1) is 15.4. The zero-order chi connectivity index (χ0) is 14.4. The van der Waals surface area contributed by atoms with Crippen LogP contribution in [0.25, 0.3) is 0 Å². The van der Waals surface area contributed by atoms with Gasteiger partial charge in [0.2, 0.25) is 11.9 Å². The Morgan fingerprint density at radius 1 is 1.11 bits per heavy atom. The molecule has 0 fully saturated rings. The van der Waals surface area contributed by atoms with Crippen LogP contribution in [0, 0.1) is 5.92 Å². The number of hydrogen-bond donors (Lipinski definition) is 3. The van der Waals surface area contributed by atoms with E-state index < -0.39 is 0 Å². The maximum atomic E-state index is 9.32. The number of hydrogen-bond acceptors (Lipinski definition) is 7. The summed E-state index contributed by atoms with van der Waals surface area (Å²) in [6.07, 6.45) is -0.0151. The van der Waals surface area contributed by atoms with Gasteiger partial charge in [-0.25, -0.2) is 0 Å². The molecule has 0 saturated heterocycles. The molecule has 1 rings (SSSR count).